The van der Waals surface area contributed by atoms with E-state index in [2.05, 4.69) is 22.3 Å². The molecule has 0 amide bonds. The minimum Gasteiger partial charge on any atom is -0.475 e. The van der Waals surface area contributed by atoms with Crippen molar-refractivity contribution in [1.29, 1.82) is 0 Å². The summed E-state index contributed by atoms with van der Waals surface area (Å²) in [6.45, 7) is 2.78. The zero-order valence-electron chi connectivity index (χ0n) is 15.7. The number of nitrogens with one attached hydrogen (secondary N) is 1. The van der Waals surface area contributed by atoms with Crippen molar-refractivity contribution in [3.05, 3.63) is 48.7 Å². The third-order valence-electron chi connectivity index (χ3n) is 4.76. The fourth-order valence-electron chi connectivity index (χ4n) is 3.16. The van der Waals surface area contributed by atoms with Gasteiger partial charge in [0.15, 0.2) is 11.4 Å². The van der Waals surface area contributed by atoms with E-state index in [1.54, 1.807) is 10.7 Å². The fraction of sp³-hybridized carbons (Fsp3) is 0.333. The molecule has 0 bridgehead atoms. The highest BCUT2D eigenvalue weighted by Gasteiger charge is 2.14. The molecule has 0 fully saturated rings. The highest BCUT2D eigenvalue weighted by Crippen LogP contribution is 2.28. The predicted octanol–water partition coefficient (Wildman–Crippen LogP) is 4.30. The Kier molecular flexibility index (Phi) is 5.07. The third kappa shape index (κ3) is 3.66. The van der Waals surface area contributed by atoms with E-state index in [9.17, 15) is 0 Å². The van der Waals surface area contributed by atoms with Crippen LogP contribution in [-0.2, 0) is 0 Å². The highest BCUT2D eigenvalue weighted by atomic mass is 16.5. The van der Waals surface area contributed by atoms with E-state index < -0.39 is 0 Å². The number of fused-ring (bicyclic) bond motifs is 2. The lowest BCUT2D eigenvalue weighted by molar-refractivity contribution is 0.249. The molecule has 0 aliphatic heterocycles. The van der Waals surface area contributed by atoms with Gasteiger partial charge < -0.3 is 14.5 Å². The number of benzene rings is 1. The van der Waals surface area contributed by atoms with Crippen LogP contribution in [0.15, 0.2) is 53.1 Å². The number of unbranched alkanes of at least 4 members (excludes halogenated alkanes) is 1. The van der Waals surface area contributed by atoms with E-state index in [-0.39, 0.29) is 0 Å². The van der Waals surface area contributed by atoms with Crippen LogP contribution < -0.4 is 10.1 Å². The van der Waals surface area contributed by atoms with Crippen molar-refractivity contribution in [2.75, 3.05) is 13.7 Å². The first kappa shape index (κ1) is 17.5. The number of rotatable bonds is 8. The van der Waals surface area contributed by atoms with E-state index in [1.807, 2.05) is 49.5 Å². The van der Waals surface area contributed by atoms with Gasteiger partial charge in [0, 0.05) is 17.5 Å². The van der Waals surface area contributed by atoms with Crippen LogP contribution in [-0.4, -0.2) is 34.3 Å². The molecule has 3 aromatic heterocycles. The molecule has 6 heteroatoms. The van der Waals surface area contributed by atoms with E-state index in [0.717, 1.165) is 34.5 Å². The second-order valence-electron chi connectivity index (χ2n) is 6.67. The van der Waals surface area contributed by atoms with Crippen molar-refractivity contribution in [2.45, 2.75) is 32.2 Å². The van der Waals surface area contributed by atoms with E-state index in [1.165, 1.54) is 12.8 Å². The molecule has 0 aliphatic rings. The zero-order valence-corrected chi connectivity index (χ0v) is 15.7. The van der Waals surface area contributed by atoms with Crippen molar-refractivity contribution in [3.8, 4) is 17.3 Å². The lowest BCUT2D eigenvalue weighted by atomic mass is 10.1. The van der Waals surface area contributed by atoms with Gasteiger partial charge in [-0.15, -0.1) is 5.10 Å². The number of nitrogens with zero attached hydrogens (tertiary/aromatic N) is 3. The normalized spacial score (nSPS) is 12.7. The number of hydrogen-bond acceptors (Lipinski definition) is 5. The van der Waals surface area contributed by atoms with Gasteiger partial charge in [0.1, 0.15) is 17.9 Å². The maximum atomic E-state index is 5.97. The number of furan rings is 1. The first-order valence-corrected chi connectivity index (χ1v) is 9.42. The maximum Gasteiger partial charge on any atom is 0.231 e. The van der Waals surface area contributed by atoms with Crippen LogP contribution >= 0.6 is 0 Å². The molecule has 4 rings (SSSR count). The number of para-hydroxylation sites is 1. The van der Waals surface area contributed by atoms with Gasteiger partial charge >= 0.3 is 0 Å². The number of aromatic nitrogens is 3. The van der Waals surface area contributed by atoms with E-state index >= 15 is 0 Å². The second kappa shape index (κ2) is 7.80. The molecule has 3 heterocycles. The molecule has 140 valence electrons. The van der Waals surface area contributed by atoms with Crippen LogP contribution in [0.5, 0.6) is 5.88 Å². The van der Waals surface area contributed by atoms with Gasteiger partial charge in [-0.25, -0.2) is 9.50 Å². The van der Waals surface area contributed by atoms with Crippen molar-refractivity contribution in [2.24, 2.45) is 0 Å². The molecular formula is C21H24N4O2. The number of ether oxygens (including phenoxy) is 1. The second-order valence-corrected chi connectivity index (χ2v) is 6.67. The number of likely N-dealkylation sites (N-methyl/N-ethyl adjacent to an activating group) is 1. The lowest BCUT2D eigenvalue weighted by Gasteiger charge is -2.16. The summed E-state index contributed by atoms with van der Waals surface area (Å²) in [5.74, 6) is 1.32. The molecule has 6 nitrogen and oxygen atoms in total. The summed E-state index contributed by atoms with van der Waals surface area (Å²) in [7, 11) is 1.97. The largest absolute Gasteiger partial charge is 0.475 e. The molecule has 1 atom stereocenters. The first-order valence-electron chi connectivity index (χ1n) is 9.42. The van der Waals surface area contributed by atoms with E-state index in [0.29, 0.717) is 18.5 Å². The van der Waals surface area contributed by atoms with Crippen LogP contribution in [0.25, 0.3) is 28.1 Å². The summed E-state index contributed by atoms with van der Waals surface area (Å²) < 4.78 is 13.7. The standard InChI is InChI=1S/C21H24N4O2/c1-3-4-8-16(22-2)14-26-21-11-10-20-23-13-17(25(20)24-21)19-12-15-7-5-6-9-18(15)27-19/h5-7,9-13,16,22H,3-4,8,14H2,1-2H3. The molecule has 27 heavy (non-hydrogen) atoms. The summed E-state index contributed by atoms with van der Waals surface area (Å²) in [5.41, 5.74) is 2.42. The Morgan fingerprint density at radius 2 is 2.11 bits per heavy atom. The molecular weight excluding hydrogens is 340 g/mol. The van der Waals surface area contributed by atoms with Crippen molar-refractivity contribution >= 4 is 16.6 Å². The molecule has 0 saturated heterocycles. The Morgan fingerprint density at radius 1 is 1.22 bits per heavy atom. The van der Waals surface area contributed by atoms with Crippen molar-refractivity contribution < 1.29 is 9.15 Å². The van der Waals surface area contributed by atoms with Gasteiger partial charge in [-0.3, -0.25) is 0 Å². The zero-order chi connectivity index (χ0) is 18.6. The van der Waals surface area contributed by atoms with Crippen LogP contribution in [0, 0.1) is 0 Å². The van der Waals surface area contributed by atoms with Gasteiger partial charge in [-0.2, -0.15) is 0 Å². The Bertz CT molecular complexity index is 1000. The molecule has 1 unspecified atom stereocenters. The van der Waals surface area contributed by atoms with Crippen LogP contribution in [0.2, 0.25) is 0 Å². The molecule has 1 N–H and O–H groups in total. The summed E-state index contributed by atoms with van der Waals surface area (Å²) in [6, 6.07) is 14.0. The van der Waals surface area contributed by atoms with Crippen molar-refractivity contribution in [1.82, 2.24) is 19.9 Å². The van der Waals surface area contributed by atoms with Gasteiger partial charge in [-0.05, 0) is 31.7 Å². The molecule has 0 spiro atoms. The van der Waals surface area contributed by atoms with Gasteiger partial charge in [-0.1, -0.05) is 38.0 Å². The molecule has 0 radical (unpaired) electrons. The minimum absolute atomic E-state index is 0.320. The summed E-state index contributed by atoms with van der Waals surface area (Å²) in [6.07, 6.45) is 5.23. The Labute approximate surface area is 158 Å². The quantitative estimate of drug-likeness (QED) is 0.505. The molecule has 4 aromatic rings. The first-order chi connectivity index (χ1) is 13.3. The fourth-order valence-corrected chi connectivity index (χ4v) is 3.16. The predicted molar refractivity (Wildman–Crippen MR) is 106 cm³/mol. The smallest absolute Gasteiger partial charge is 0.231 e. The maximum absolute atomic E-state index is 5.97. The highest BCUT2D eigenvalue weighted by molar-refractivity contribution is 5.82. The molecule has 0 aliphatic carbocycles. The van der Waals surface area contributed by atoms with Crippen LogP contribution in [0.4, 0.5) is 0 Å². The van der Waals surface area contributed by atoms with Gasteiger partial charge in [0.05, 0.1) is 6.20 Å². The van der Waals surface area contributed by atoms with Gasteiger partial charge in [0.2, 0.25) is 5.88 Å². The summed E-state index contributed by atoms with van der Waals surface area (Å²) in [4.78, 5) is 4.43. The third-order valence-corrected chi connectivity index (χ3v) is 4.76. The van der Waals surface area contributed by atoms with E-state index in [4.69, 9.17) is 9.15 Å². The number of imidazole rings is 1. The summed E-state index contributed by atoms with van der Waals surface area (Å²) >= 11 is 0. The number of hydrogen-bond donors (Lipinski definition) is 1. The topological polar surface area (TPSA) is 64.6 Å². The average molecular weight is 364 g/mol. The van der Waals surface area contributed by atoms with Crippen LogP contribution in [0.1, 0.15) is 26.2 Å². The molecule has 0 saturated carbocycles. The lowest BCUT2D eigenvalue weighted by Crippen LogP contribution is -2.31. The average Bonchev–Trinajstić information content (AvgIpc) is 3.31. The van der Waals surface area contributed by atoms with Crippen molar-refractivity contribution in [3.63, 3.8) is 0 Å². The minimum atomic E-state index is 0.320. The van der Waals surface area contributed by atoms with Gasteiger partial charge in [0.25, 0.3) is 0 Å². The van der Waals surface area contributed by atoms with Crippen LogP contribution in [0.3, 0.4) is 0 Å². The Morgan fingerprint density at radius 3 is 2.93 bits per heavy atom. The Hall–Kier alpha value is -2.86. The Balaban J connectivity index is 1.59. The monoisotopic (exact) mass is 364 g/mol. The summed E-state index contributed by atoms with van der Waals surface area (Å²) in [5, 5.41) is 8.97. The molecule has 1 aromatic carbocycles. The SMILES string of the molecule is CCCCC(COc1ccc2ncc(-c3cc4ccccc4o3)n2n1)NC.